The minimum atomic E-state index is -2.37. The number of amides is 1. The molecule has 1 aliphatic rings. The van der Waals surface area contributed by atoms with E-state index in [0.29, 0.717) is 21.7 Å². The molecule has 1 aliphatic heterocycles. The van der Waals surface area contributed by atoms with Gasteiger partial charge in [-0.05, 0) is 0 Å². The summed E-state index contributed by atoms with van der Waals surface area (Å²) in [5.74, 6) is -0.146. The van der Waals surface area contributed by atoms with Gasteiger partial charge in [-0.25, -0.2) is 0 Å². The summed E-state index contributed by atoms with van der Waals surface area (Å²) in [6.07, 6.45) is 0. The Labute approximate surface area is 177 Å². The van der Waals surface area contributed by atoms with E-state index in [0.717, 1.165) is 10.0 Å². The van der Waals surface area contributed by atoms with E-state index in [1.807, 2.05) is 24.3 Å². The number of nitro groups is 1. The van der Waals surface area contributed by atoms with E-state index < -0.39 is 19.0 Å². The van der Waals surface area contributed by atoms with Gasteiger partial charge in [-0.1, -0.05) is 0 Å². The molecule has 2 aromatic carbocycles. The van der Waals surface area contributed by atoms with Gasteiger partial charge in [-0.2, -0.15) is 0 Å². The van der Waals surface area contributed by atoms with Crippen LogP contribution in [0.2, 0.25) is 0 Å². The fourth-order valence-electron chi connectivity index (χ4n) is 2.63. The summed E-state index contributed by atoms with van der Waals surface area (Å²) in [5, 5.41) is 22.1. The fourth-order valence-corrected chi connectivity index (χ4v) is 7.33. The van der Waals surface area contributed by atoms with E-state index in [1.54, 1.807) is 3.92 Å². The molecule has 2 heterocycles. The molecule has 0 spiro atoms. The summed E-state index contributed by atoms with van der Waals surface area (Å²) in [6.45, 7) is 0.546. The number of hydrogen-bond acceptors (Lipinski definition) is 8. The zero-order chi connectivity index (χ0) is 20.4. The van der Waals surface area contributed by atoms with Gasteiger partial charge in [0.2, 0.25) is 0 Å². The van der Waals surface area contributed by atoms with Crippen LogP contribution >= 0.6 is 23.1 Å². The summed E-state index contributed by atoms with van der Waals surface area (Å²) in [7, 11) is 0. The van der Waals surface area contributed by atoms with Gasteiger partial charge in [0.05, 0.1) is 4.92 Å². The van der Waals surface area contributed by atoms with E-state index in [9.17, 15) is 18.7 Å². The molecule has 29 heavy (non-hydrogen) atoms. The van der Waals surface area contributed by atoms with Crippen molar-refractivity contribution in [1.29, 1.82) is 0 Å². The molecule has 0 bridgehead atoms. The quantitative estimate of drug-likeness (QED) is 0.240. The van der Waals surface area contributed by atoms with Gasteiger partial charge in [0, 0.05) is 0 Å². The average Bonchev–Trinajstić information content (AvgIpc) is 3.32. The first-order valence-electron chi connectivity index (χ1n) is 8.29. The third-order valence-electron chi connectivity index (χ3n) is 3.97. The Hall–Kier alpha value is -2.66. The molecule has 0 saturated heterocycles. The van der Waals surface area contributed by atoms with Crippen LogP contribution in [-0.4, -0.2) is 40.8 Å². The molecule has 3 aromatic rings. The normalized spacial score (nSPS) is 15.2. The van der Waals surface area contributed by atoms with Crippen molar-refractivity contribution < 1.29 is 13.6 Å². The molecule has 4 rings (SSSR count). The first-order chi connectivity index (χ1) is 14.0. The first kappa shape index (κ1) is 19.6. The van der Waals surface area contributed by atoms with E-state index in [4.69, 9.17) is 0 Å². The summed E-state index contributed by atoms with van der Waals surface area (Å²) < 4.78 is 16.0. The van der Waals surface area contributed by atoms with Crippen LogP contribution in [0.3, 0.4) is 0 Å². The topological polar surface area (TPSA) is 118 Å². The maximum atomic E-state index is 12.7. The van der Waals surface area contributed by atoms with Crippen molar-refractivity contribution in [2.24, 2.45) is 0 Å². The van der Waals surface area contributed by atoms with Crippen molar-refractivity contribution in [3.05, 3.63) is 64.2 Å². The van der Waals surface area contributed by atoms with Gasteiger partial charge in [0.25, 0.3) is 0 Å². The number of nitro benzene ring substituents is 1. The van der Waals surface area contributed by atoms with Crippen LogP contribution in [0.4, 0.5) is 16.5 Å². The van der Waals surface area contributed by atoms with E-state index in [-0.39, 0.29) is 17.3 Å². The van der Waals surface area contributed by atoms with Gasteiger partial charge in [-0.15, -0.1) is 0 Å². The van der Waals surface area contributed by atoms with Gasteiger partial charge in [-0.3, -0.25) is 10.1 Å². The SMILES string of the molecule is O=C(CSc1nnc(N2Cc3ccccc3[Se]2=O)s1)Nc1ccc([N+](=O)[O-])cc1. The molecule has 0 saturated carbocycles. The molecule has 148 valence electrons. The molecule has 1 aromatic heterocycles. The predicted molar refractivity (Wildman–Crippen MR) is 111 cm³/mol. The maximum absolute atomic E-state index is 12.7. The Morgan fingerprint density at radius 1 is 1.24 bits per heavy atom. The Morgan fingerprint density at radius 3 is 2.72 bits per heavy atom. The molecule has 0 fully saturated rings. The van der Waals surface area contributed by atoms with Crippen molar-refractivity contribution in [3.63, 3.8) is 0 Å². The second-order valence-corrected chi connectivity index (χ2v) is 11.0. The van der Waals surface area contributed by atoms with E-state index >= 15 is 0 Å². The predicted octanol–water partition coefficient (Wildman–Crippen LogP) is 2.32. The molecule has 0 radical (unpaired) electrons. The van der Waals surface area contributed by atoms with Gasteiger partial charge < -0.3 is 0 Å². The summed E-state index contributed by atoms with van der Waals surface area (Å²) in [4.78, 5) is 22.3. The van der Waals surface area contributed by atoms with E-state index in [2.05, 4.69) is 15.5 Å². The Balaban J connectivity index is 1.33. The third-order valence-corrected chi connectivity index (χ3v) is 9.41. The molecule has 1 unspecified atom stereocenters. The van der Waals surface area contributed by atoms with Crippen molar-refractivity contribution in [2.45, 2.75) is 10.9 Å². The van der Waals surface area contributed by atoms with E-state index in [1.165, 1.54) is 47.4 Å². The Morgan fingerprint density at radius 2 is 2.00 bits per heavy atom. The number of nitrogens with one attached hydrogen (secondary N) is 1. The first-order valence-corrected chi connectivity index (χ1v) is 12.4. The second-order valence-electron chi connectivity index (χ2n) is 5.88. The van der Waals surface area contributed by atoms with Crippen molar-refractivity contribution in [1.82, 2.24) is 10.2 Å². The van der Waals surface area contributed by atoms with Crippen molar-refractivity contribution >= 4 is 64.0 Å². The Kier molecular flexibility index (Phi) is 5.67. The number of hydrogen-bond donors (Lipinski definition) is 1. The number of rotatable bonds is 6. The second kappa shape index (κ2) is 8.37. The number of aromatic nitrogens is 2. The molecule has 1 atom stereocenters. The number of benzene rings is 2. The fraction of sp³-hybridized carbons (Fsp3) is 0.118. The minimum absolute atomic E-state index is 0.0392. The number of fused-ring (bicyclic) bond motifs is 1. The van der Waals surface area contributed by atoms with Crippen molar-refractivity contribution in [2.75, 3.05) is 15.0 Å². The number of anilines is 2. The summed E-state index contributed by atoms with van der Waals surface area (Å²) in [5.41, 5.74) is 1.48. The van der Waals surface area contributed by atoms with Crippen LogP contribution in [0.5, 0.6) is 0 Å². The summed E-state index contributed by atoms with van der Waals surface area (Å²) in [6, 6.07) is 13.3. The molecular weight excluding hydrogens is 481 g/mol. The molecule has 1 amide bonds. The molecule has 1 N–H and O–H groups in total. The average molecular weight is 494 g/mol. The third kappa shape index (κ3) is 4.35. The molecular formula is C17H13N5O4S2Se. The summed E-state index contributed by atoms with van der Waals surface area (Å²) >= 11 is 0.163. The number of nitrogens with zero attached hydrogens (tertiary/aromatic N) is 4. The van der Waals surface area contributed by atoms with Gasteiger partial charge in [0.15, 0.2) is 0 Å². The molecule has 12 heteroatoms. The molecule has 0 aliphatic carbocycles. The zero-order valence-electron chi connectivity index (χ0n) is 14.7. The molecule has 9 nitrogen and oxygen atoms in total. The number of thioether (sulfide) groups is 1. The van der Waals surface area contributed by atoms with Crippen molar-refractivity contribution in [3.8, 4) is 0 Å². The number of carbonyl (C=O) groups is 1. The monoisotopic (exact) mass is 495 g/mol. The van der Waals surface area contributed by atoms with Crippen LogP contribution < -0.4 is 13.7 Å². The number of carbonyl (C=O) groups excluding carboxylic acids is 1. The van der Waals surface area contributed by atoms with Gasteiger partial charge in [0.1, 0.15) is 0 Å². The standard InChI is InChI=1S/C17H13N5O4S2Se/c23-15(18-12-5-7-13(8-6-12)22(24)25)10-27-17-20-19-16(28-17)21-9-11-3-1-2-4-14(11)29(21)26/h1-8H,9-10H2,(H,18,23). The van der Waals surface area contributed by atoms with Crippen LogP contribution in [0, 0.1) is 10.1 Å². The van der Waals surface area contributed by atoms with Crippen LogP contribution in [0.25, 0.3) is 0 Å². The van der Waals surface area contributed by atoms with Crippen LogP contribution in [0.15, 0.2) is 52.9 Å². The zero-order valence-corrected chi connectivity index (χ0v) is 18.0. The van der Waals surface area contributed by atoms with Crippen LogP contribution in [-0.2, 0) is 15.2 Å². The van der Waals surface area contributed by atoms with Crippen LogP contribution in [0.1, 0.15) is 5.56 Å². The number of non-ortho nitro benzene ring substituents is 1. The Bertz CT molecular complexity index is 1110. The van der Waals surface area contributed by atoms with Gasteiger partial charge >= 0.3 is 163 Å².